The molecule has 0 aliphatic heterocycles. The van der Waals surface area contributed by atoms with E-state index in [0.717, 1.165) is 26.7 Å². The van der Waals surface area contributed by atoms with Crippen LogP contribution < -0.4 is 5.32 Å². The third-order valence-electron chi connectivity index (χ3n) is 3.67. The maximum atomic E-state index is 12.1. The Kier molecular flexibility index (Phi) is 3.63. The Balaban J connectivity index is 1.59. The molecule has 118 valence electrons. The van der Waals surface area contributed by atoms with Crippen LogP contribution in [0.4, 0.5) is 5.13 Å². The average Bonchev–Trinajstić information content (AvgIpc) is 3.18. The normalized spacial score (nSPS) is 11.5. The van der Waals surface area contributed by atoms with Crippen molar-refractivity contribution < 1.29 is 9.21 Å². The smallest absolute Gasteiger partial charge is 0.250 e. The predicted molar refractivity (Wildman–Crippen MR) is 98.2 cm³/mol. The minimum absolute atomic E-state index is 0.229. The van der Waals surface area contributed by atoms with E-state index in [-0.39, 0.29) is 5.91 Å². The summed E-state index contributed by atoms with van der Waals surface area (Å²) in [5.74, 6) is 1.23. The van der Waals surface area contributed by atoms with Gasteiger partial charge in [0.05, 0.1) is 10.2 Å². The maximum Gasteiger partial charge on any atom is 0.250 e. The summed E-state index contributed by atoms with van der Waals surface area (Å²) in [5.41, 5.74) is 0.916. The van der Waals surface area contributed by atoms with Gasteiger partial charge in [0.2, 0.25) is 5.91 Å². The Morgan fingerprint density at radius 3 is 2.88 bits per heavy atom. The van der Waals surface area contributed by atoms with E-state index in [0.29, 0.717) is 10.9 Å². The van der Waals surface area contributed by atoms with Gasteiger partial charge in [0, 0.05) is 11.5 Å². The van der Waals surface area contributed by atoms with Crippen LogP contribution in [-0.4, -0.2) is 10.9 Å². The fraction of sp³-hybridized carbons (Fsp3) is 0.0526. The Bertz CT molecular complexity index is 1080. The molecule has 0 saturated heterocycles. The van der Waals surface area contributed by atoms with Crippen LogP contribution in [0.25, 0.3) is 27.1 Å². The lowest BCUT2D eigenvalue weighted by atomic mass is 10.1. The third kappa shape index (κ3) is 2.81. The summed E-state index contributed by atoms with van der Waals surface area (Å²) in [5, 5.41) is 5.63. The quantitative estimate of drug-likeness (QED) is 0.536. The largest absolute Gasteiger partial charge is 0.462 e. The molecule has 4 rings (SSSR count). The van der Waals surface area contributed by atoms with Crippen LogP contribution in [0.15, 0.2) is 59.0 Å². The molecule has 5 heteroatoms. The number of aromatic nitrogens is 1. The topological polar surface area (TPSA) is 55.1 Å². The molecule has 24 heavy (non-hydrogen) atoms. The van der Waals surface area contributed by atoms with Crippen molar-refractivity contribution in [1.29, 1.82) is 0 Å². The standard InChI is InChI=1S/C19H14N2O2S/c1-12-6-8-14(23-12)9-11-17(22)20-19-21-18-15-5-3-2-4-13(15)7-10-16(18)24-19/h2-11H,1H3,(H,20,21,22)/b11-9+. The van der Waals surface area contributed by atoms with E-state index in [1.54, 1.807) is 6.08 Å². The van der Waals surface area contributed by atoms with Gasteiger partial charge in [-0.3, -0.25) is 10.1 Å². The summed E-state index contributed by atoms with van der Waals surface area (Å²) in [6, 6.07) is 15.9. The molecule has 0 fully saturated rings. The van der Waals surface area contributed by atoms with E-state index in [2.05, 4.69) is 22.4 Å². The van der Waals surface area contributed by atoms with Crippen molar-refractivity contribution in [2.75, 3.05) is 5.32 Å². The van der Waals surface area contributed by atoms with Gasteiger partial charge in [-0.25, -0.2) is 4.98 Å². The van der Waals surface area contributed by atoms with E-state index in [1.165, 1.54) is 17.4 Å². The minimum Gasteiger partial charge on any atom is -0.462 e. The first-order chi connectivity index (χ1) is 11.7. The van der Waals surface area contributed by atoms with E-state index in [1.807, 2.05) is 43.3 Å². The molecule has 0 radical (unpaired) electrons. The highest BCUT2D eigenvalue weighted by atomic mass is 32.1. The van der Waals surface area contributed by atoms with Crippen molar-refractivity contribution in [1.82, 2.24) is 4.98 Å². The number of hydrogen-bond acceptors (Lipinski definition) is 4. The second kappa shape index (κ2) is 5.94. The molecular formula is C19H14N2O2S. The average molecular weight is 334 g/mol. The number of hydrogen-bond donors (Lipinski definition) is 1. The number of thiazole rings is 1. The van der Waals surface area contributed by atoms with Gasteiger partial charge in [-0.1, -0.05) is 41.7 Å². The first-order valence-corrected chi connectivity index (χ1v) is 8.34. The zero-order valence-electron chi connectivity index (χ0n) is 12.9. The number of rotatable bonds is 3. The number of furan rings is 1. The zero-order valence-corrected chi connectivity index (χ0v) is 13.8. The van der Waals surface area contributed by atoms with Crippen LogP contribution in [0.5, 0.6) is 0 Å². The predicted octanol–water partition coefficient (Wildman–Crippen LogP) is 5.00. The molecule has 2 aromatic heterocycles. The first-order valence-electron chi connectivity index (χ1n) is 7.53. The second-order valence-electron chi connectivity index (χ2n) is 5.42. The van der Waals surface area contributed by atoms with Crippen LogP contribution in [0.3, 0.4) is 0 Å². The third-order valence-corrected chi connectivity index (χ3v) is 4.61. The Labute approximate surface area is 142 Å². The first kappa shape index (κ1) is 14.7. The van der Waals surface area contributed by atoms with Gasteiger partial charge in [0.1, 0.15) is 11.5 Å². The summed E-state index contributed by atoms with van der Waals surface area (Å²) in [6.45, 7) is 1.86. The molecule has 0 aliphatic carbocycles. The van der Waals surface area contributed by atoms with Gasteiger partial charge in [-0.05, 0) is 36.6 Å². The summed E-state index contributed by atoms with van der Waals surface area (Å²) in [7, 11) is 0. The van der Waals surface area contributed by atoms with Gasteiger partial charge in [0.25, 0.3) is 0 Å². The van der Waals surface area contributed by atoms with Crippen molar-refractivity contribution in [2.45, 2.75) is 6.92 Å². The number of fused-ring (bicyclic) bond motifs is 3. The SMILES string of the molecule is Cc1ccc(/C=C/C(=O)Nc2nc3c(ccc4ccccc43)s2)o1. The van der Waals surface area contributed by atoms with Crippen molar-refractivity contribution >= 4 is 49.4 Å². The lowest BCUT2D eigenvalue weighted by Gasteiger charge is -1.96. The molecule has 4 nitrogen and oxygen atoms in total. The summed E-state index contributed by atoms with van der Waals surface area (Å²) in [6.07, 6.45) is 3.09. The van der Waals surface area contributed by atoms with Gasteiger partial charge >= 0.3 is 0 Å². The summed E-state index contributed by atoms with van der Waals surface area (Å²) in [4.78, 5) is 16.6. The van der Waals surface area contributed by atoms with Crippen LogP contribution in [0.2, 0.25) is 0 Å². The molecule has 0 saturated carbocycles. The van der Waals surface area contributed by atoms with E-state index < -0.39 is 0 Å². The molecule has 1 N–H and O–H groups in total. The van der Waals surface area contributed by atoms with Gasteiger partial charge in [0.15, 0.2) is 5.13 Å². The molecular weight excluding hydrogens is 320 g/mol. The fourth-order valence-electron chi connectivity index (χ4n) is 2.56. The van der Waals surface area contributed by atoms with Gasteiger partial charge in [-0.2, -0.15) is 0 Å². The Hall–Kier alpha value is -2.92. The highest BCUT2D eigenvalue weighted by Crippen LogP contribution is 2.31. The fourth-order valence-corrected chi connectivity index (χ4v) is 3.45. The molecule has 0 unspecified atom stereocenters. The monoisotopic (exact) mass is 334 g/mol. The van der Waals surface area contributed by atoms with E-state index in [9.17, 15) is 4.79 Å². The number of carbonyl (C=O) groups excluding carboxylic acids is 1. The van der Waals surface area contributed by atoms with E-state index in [4.69, 9.17) is 4.42 Å². The molecule has 0 bridgehead atoms. The molecule has 2 heterocycles. The van der Waals surface area contributed by atoms with Crippen LogP contribution in [0.1, 0.15) is 11.5 Å². The molecule has 4 aromatic rings. The molecule has 0 spiro atoms. The number of carbonyl (C=O) groups is 1. The van der Waals surface area contributed by atoms with Crippen molar-refractivity contribution in [2.24, 2.45) is 0 Å². The highest BCUT2D eigenvalue weighted by molar-refractivity contribution is 7.22. The number of nitrogens with one attached hydrogen (secondary N) is 1. The molecule has 0 atom stereocenters. The van der Waals surface area contributed by atoms with Crippen LogP contribution in [0, 0.1) is 6.92 Å². The van der Waals surface area contributed by atoms with Crippen molar-refractivity contribution in [3.63, 3.8) is 0 Å². The van der Waals surface area contributed by atoms with Gasteiger partial charge < -0.3 is 4.42 Å². The number of benzene rings is 2. The lowest BCUT2D eigenvalue weighted by molar-refractivity contribution is -0.111. The number of anilines is 1. The maximum absolute atomic E-state index is 12.1. The lowest BCUT2D eigenvalue weighted by Crippen LogP contribution is -2.07. The van der Waals surface area contributed by atoms with Crippen LogP contribution >= 0.6 is 11.3 Å². The van der Waals surface area contributed by atoms with Crippen molar-refractivity contribution in [3.8, 4) is 0 Å². The van der Waals surface area contributed by atoms with E-state index >= 15 is 0 Å². The number of amides is 1. The Morgan fingerprint density at radius 1 is 1.17 bits per heavy atom. The number of aryl methyl sites for hydroxylation is 1. The minimum atomic E-state index is -0.229. The van der Waals surface area contributed by atoms with Crippen molar-refractivity contribution in [3.05, 3.63) is 66.1 Å². The summed E-state index contributed by atoms with van der Waals surface area (Å²) >= 11 is 1.47. The second-order valence-corrected chi connectivity index (χ2v) is 6.45. The summed E-state index contributed by atoms with van der Waals surface area (Å²) < 4.78 is 6.45. The van der Waals surface area contributed by atoms with Gasteiger partial charge in [-0.15, -0.1) is 0 Å². The molecule has 1 amide bonds. The zero-order chi connectivity index (χ0) is 16.5. The molecule has 0 aliphatic rings. The molecule has 2 aromatic carbocycles. The number of nitrogens with zero attached hydrogens (tertiary/aromatic N) is 1. The van der Waals surface area contributed by atoms with Crippen LogP contribution in [-0.2, 0) is 4.79 Å². The highest BCUT2D eigenvalue weighted by Gasteiger charge is 2.09. The Morgan fingerprint density at radius 2 is 2.04 bits per heavy atom.